The Morgan fingerprint density at radius 1 is 1.12 bits per heavy atom. The fourth-order valence-electron chi connectivity index (χ4n) is 4.43. The van der Waals surface area contributed by atoms with Crippen molar-refractivity contribution in [1.29, 1.82) is 0 Å². The number of halogens is 1. The number of benzene rings is 1. The molecule has 0 bridgehead atoms. The van der Waals surface area contributed by atoms with Crippen molar-refractivity contribution < 1.29 is 13.9 Å². The molecule has 0 spiro atoms. The number of ether oxygens (including phenoxy) is 1. The number of nitrogens with one attached hydrogen (secondary N) is 1. The molecule has 1 fully saturated rings. The van der Waals surface area contributed by atoms with E-state index in [4.69, 9.17) is 9.72 Å². The third-order valence-electron chi connectivity index (χ3n) is 6.57. The maximum absolute atomic E-state index is 15.2. The van der Waals surface area contributed by atoms with Crippen LogP contribution in [0.25, 0.3) is 11.1 Å². The number of carbonyl (C=O) groups excluding carboxylic acids is 1. The van der Waals surface area contributed by atoms with Gasteiger partial charge in [-0.15, -0.1) is 0 Å². The summed E-state index contributed by atoms with van der Waals surface area (Å²) in [4.78, 5) is 36.1. The van der Waals surface area contributed by atoms with Crippen LogP contribution in [0.5, 0.6) is 11.8 Å². The van der Waals surface area contributed by atoms with E-state index >= 15 is 4.39 Å². The summed E-state index contributed by atoms with van der Waals surface area (Å²) < 4.78 is 22.5. The summed E-state index contributed by atoms with van der Waals surface area (Å²) in [7, 11) is 5.73. The molecule has 1 aliphatic rings. The van der Waals surface area contributed by atoms with E-state index < -0.39 is 5.82 Å². The smallest absolute Gasteiger partial charge is 0.322 e. The van der Waals surface area contributed by atoms with Crippen LogP contribution < -0.4 is 15.0 Å². The molecule has 0 saturated carbocycles. The number of carbonyl (C=O) groups is 1. The molecule has 218 valence electrons. The number of aromatic nitrogens is 6. The molecule has 5 rings (SSSR count). The molecule has 13 heteroatoms. The van der Waals surface area contributed by atoms with Gasteiger partial charge in [0.25, 0.3) is 0 Å². The predicted molar refractivity (Wildman–Crippen MR) is 157 cm³/mol. The van der Waals surface area contributed by atoms with Crippen LogP contribution >= 0.6 is 0 Å². The van der Waals surface area contributed by atoms with Crippen LogP contribution in [-0.4, -0.2) is 92.2 Å². The molecule has 4 aromatic rings. The SMILES string of the molecule is Cc1ccnc(Oc2ccc(-c3cnc(Nc4cnn(C)c4)nc3N3CCN(C(=O)/C=C/CN(C)C)CC3)cc2F)n1. The minimum Gasteiger partial charge on any atom is -0.421 e. The minimum atomic E-state index is -0.568. The number of rotatable bonds is 9. The van der Waals surface area contributed by atoms with Gasteiger partial charge in [0, 0.05) is 75.7 Å². The molecule has 1 aromatic carbocycles. The van der Waals surface area contributed by atoms with Crippen LogP contribution in [0.3, 0.4) is 0 Å². The number of piperazine rings is 1. The van der Waals surface area contributed by atoms with Gasteiger partial charge in [-0.25, -0.2) is 19.3 Å². The molecule has 1 saturated heterocycles. The molecule has 0 atom stereocenters. The average Bonchev–Trinajstić information content (AvgIpc) is 3.38. The van der Waals surface area contributed by atoms with Crippen LogP contribution in [0.4, 0.5) is 21.8 Å². The summed E-state index contributed by atoms with van der Waals surface area (Å²) in [6, 6.07) is 6.48. The van der Waals surface area contributed by atoms with E-state index in [0.29, 0.717) is 61.3 Å². The molecule has 1 N–H and O–H groups in total. The molecule has 3 aromatic heterocycles. The first kappa shape index (κ1) is 28.6. The predicted octanol–water partition coefficient (Wildman–Crippen LogP) is 3.42. The molecular formula is C29H33FN10O2. The number of likely N-dealkylation sites (N-methyl/N-ethyl adjacent to an activating group) is 1. The van der Waals surface area contributed by atoms with Gasteiger partial charge in [-0.3, -0.25) is 9.48 Å². The molecular weight excluding hydrogens is 539 g/mol. The Morgan fingerprint density at radius 3 is 2.62 bits per heavy atom. The van der Waals surface area contributed by atoms with Crippen LogP contribution in [0.15, 0.2) is 61.2 Å². The zero-order valence-electron chi connectivity index (χ0n) is 24.0. The Balaban J connectivity index is 1.40. The molecule has 4 heterocycles. The lowest BCUT2D eigenvalue weighted by molar-refractivity contribution is -0.126. The normalized spacial score (nSPS) is 13.7. The number of anilines is 3. The maximum atomic E-state index is 15.2. The van der Waals surface area contributed by atoms with Gasteiger partial charge in [0.2, 0.25) is 11.9 Å². The molecule has 1 amide bonds. The van der Waals surface area contributed by atoms with E-state index in [9.17, 15) is 4.79 Å². The van der Waals surface area contributed by atoms with Crippen molar-refractivity contribution in [3.8, 4) is 22.9 Å². The number of amides is 1. The Morgan fingerprint density at radius 2 is 1.93 bits per heavy atom. The summed E-state index contributed by atoms with van der Waals surface area (Å²) in [5.74, 6) is 0.427. The standard InChI is InChI=1S/C29H33FN10O2/c1-20-9-10-31-29(34-20)42-25-8-7-21(16-24(25)30)23-18-32-28(35-22-17-33-38(4)19-22)36-27(23)40-14-12-39(13-15-40)26(41)6-5-11-37(2)3/h5-10,16-19H,11-15H2,1-4H3,(H,32,35,36)/b6-5+. The van der Waals surface area contributed by atoms with Gasteiger partial charge in [-0.05, 0) is 44.8 Å². The van der Waals surface area contributed by atoms with Crippen molar-refractivity contribution in [2.45, 2.75) is 6.92 Å². The Hall–Kier alpha value is -4.91. The van der Waals surface area contributed by atoms with Crippen molar-refractivity contribution >= 4 is 23.4 Å². The molecule has 1 aliphatic heterocycles. The van der Waals surface area contributed by atoms with Gasteiger partial charge in [0.15, 0.2) is 11.6 Å². The van der Waals surface area contributed by atoms with Gasteiger partial charge < -0.3 is 24.8 Å². The van der Waals surface area contributed by atoms with Gasteiger partial charge >= 0.3 is 6.01 Å². The summed E-state index contributed by atoms with van der Waals surface area (Å²) >= 11 is 0. The average molecular weight is 573 g/mol. The largest absolute Gasteiger partial charge is 0.421 e. The minimum absolute atomic E-state index is 0.0103. The highest BCUT2D eigenvalue weighted by Gasteiger charge is 2.24. The highest BCUT2D eigenvalue weighted by molar-refractivity contribution is 5.88. The summed E-state index contributed by atoms with van der Waals surface area (Å²) in [5, 5.41) is 7.36. The second kappa shape index (κ2) is 12.7. The molecule has 0 aliphatic carbocycles. The lowest BCUT2D eigenvalue weighted by Gasteiger charge is -2.36. The Bertz CT molecular complexity index is 1580. The highest BCUT2D eigenvalue weighted by Crippen LogP contribution is 2.34. The van der Waals surface area contributed by atoms with Crippen LogP contribution in [-0.2, 0) is 11.8 Å². The van der Waals surface area contributed by atoms with Gasteiger partial charge in [0.1, 0.15) is 5.82 Å². The van der Waals surface area contributed by atoms with E-state index in [1.807, 2.05) is 43.2 Å². The van der Waals surface area contributed by atoms with Crippen molar-refractivity contribution in [3.05, 3.63) is 72.7 Å². The number of hydrogen-bond donors (Lipinski definition) is 1. The fourth-order valence-corrected chi connectivity index (χ4v) is 4.43. The first-order chi connectivity index (χ1) is 20.2. The molecule has 0 unspecified atom stereocenters. The van der Waals surface area contributed by atoms with E-state index in [1.165, 1.54) is 6.07 Å². The van der Waals surface area contributed by atoms with Crippen molar-refractivity contribution in [2.75, 3.05) is 57.0 Å². The Kier molecular flexibility index (Phi) is 8.67. The van der Waals surface area contributed by atoms with Crippen LogP contribution in [0.2, 0.25) is 0 Å². The quantitative estimate of drug-likeness (QED) is 0.299. The van der Waals surface area contributed by atoms with Gasteiger partial charge in [-0.1, -0.05) is 12.1 Å². The summed E-state index contributed by atoms with van der Waals surface area (Å²) in [6.45, 7) is 4.66. The van der Waals surface area contributed by atoms with E-state index in [1.54, 1.807) is 54.5 Å². The second-order valence-electron chi connectivity index (χ2n) is 10.2. The molecule has 0 radical (unpaired) electrons. The van der Waals surface area contributed by atoms with Gasteiger partial charge in [-0.2, -0.15) is 10.1 Å². The third kappa shape index (κ3) is 7.04. The van der Waals surface area contributed by atoms with Gasteiger partial charge in [0.05, 0.1) is 11.9 Å². The lowest BCUT2D eigenvalue weighted by Crippen LogP contribution is -2.48. The lowest BCUT2D eigenvalue weighted by atomic mass is 10.1. The number of aryl methyl sites for hydroxylation is 2. The van der Waals surface area contributed by atoms with E-state index in [0.717, 1.165) is 5.69 Å². The molecule has 42 heavy (non-hydrogen) atoms. The topological polar surface area (TPSA) is 117 Å². The fraction of sp³-hybridized carbons (Fsp3) is 0.310. The number of hydrogen-bond acceptors (Lipinski definition) is 10. The highest BCUT2D eigenvalue weighted by atomic mass is 19.1. The first-order valence-corrected chi connectivity index (χ1v) is 13.5. The zero-order valence-corrected chi connectivity index (χ0v) is 24.0. The third-order valence-corrected chi connectivity index (χ3v) is 6.57. The Labute approximate surface area is 243 Å². The van der Waals surface area contributed by atoms with Crippen LogP contribution in [0, 0.1) is 12.7 Å². The number of nitrogens with zero attached hydrogens (tertiary/aromatic N) is 9. The van der Waals surface area contributed by atoms with Crippen molar-refractivity contribution in [1.82, 2.24) is 39.5 Å². The van der Waals surface area contributed by atoms with Crippen molar-refractivity contribution in [3.63, 3.8) is 0 Å². The van der Waals surface area contributed by atoms with Crippen LogP contribution in [0.1, 0.15) is 5.69 Å². The first-order valence-electron chi connectivity index (χ1n) is 13.5. The second-order valence-corrected chi connectivity index (χ2v) is 10.2. The zero-order chi connectivity index (χ0) is 29.6. The summed E-state index contributed by atoms with van der Waals surface area (Å²) in [5.41, 5.74) is 2.68. The summed E-state index contributed by atoms with van der Waals surface area (Å²) in [6.07, 6.45) is 10.2. The van der Waals surface area contributed by atoms with Crippen molar-refractivity contribution in [2.24, 2.45) is 7.05 Å². The molecule has 12 nitrogen and oxygen atoms in total. The van der Waals surface area contributed by atoms with E-state index in [2.05, 4.69) is 30.3 Å². The maximum Gasteiger partial charge on any atom is 0.322 e. The monoisotopic (exact) mass is 572 g/mol. The van der Waals surface area contributed by atoms with E-state index in [-0.39, 0.29) is 17.7 Å².